The molecule has 3 aromatic rings. The third-order valence-corrected chi connectivity index (χ3v) is 3.41. The molecule has 3 rings (SSSR count). The number of aromatic nitrogens is 3. The van der Waals surface area contributed by atoms with Crippen LogP contribution in [0.5, 0.6) is 0 Å². The van der Waals surface area contributed by atoms with Crippen molar-refractivity contribution < 1.29 is 4.92 Å². The van der Waals surface area contributed by atoms with Crippen LogP contribution in [0, 0.1) is 21.4 Å². The molecule has 7 heteroatoms. The van der Waals surface area contributed by atoms with Crippen molar-refractivity contribution in [1.29, 1.82) is 5.26 Å². The minimum Gasteiger partial charge on any atom is -0.258 e. The van der Waals surface area contributed by atoms with Gasteiger partial charge in [0.1, 0.15) is 0 Å². The van der Waals surface area contributed by atoms with Crippen molar-refractivity contribution in [3.8, 4) is 17.3 Å². The van der Waals surface area contributed by atoms with Crippen LogP contribution < -0.4 is 0 Å². The Morgan fingerprint density at radius 2 is 1.83 bits per heavy atom. The highest BCUT2D eigenvalue weighted by atomic mass is 16.6. The molecule has 0 bridgehead atoms. The van der Waals surface area contributed by atoms with E-state index in [0.29, 0.717) is 12.1 Å². The number of nitrogens with zero attached hydrogens (tertiary/aromatic N) is 5. The highest BCUT2D eigenvalue weighted by Crippen LogP contribution is 2.22. The SMILES string of the molecule is N#Cc1ccc(Cn2nncc2-c2ccc([N+](=O)[O-])cc2)cc1. The molecule has 1 aromatic heterocycles. The van der Waals surface area contributed by atoms with E-state index in [9.17, 15) is 10.1 Å². The zero-order chi connectivity index (χ0) is 16.2. The predicted molar refractivity (Wildman–Crippen MR) is 82.4 cm³/mol. The smallest absolute Gasteiger partial charge is 0.258 e. The first-order valence-corrected chi connectivity index (χ1v) is 6.80. The Labute approximate surface area is 131 Å². The summed E-state index contributed by atoms with van der Waals surface area (Å²) in [4.78, 5) is 10.3. The maximum absolute atomic E-state index is 10.7. The van der Waals surface area contributed by atoms with Crippen LogP contribution in [-0.2, 0) is 6.54 Å². The summed E-state index contributed by atoms with van der Waals surface area (Å²) in [6.07, 6.45) is 1.62. The minimum absolute atomic E-state index is 0.0415. The fourth-order valence-electron chi connectivity index (χ4n) is 2.21. The van der Waals surface area contributed by atoms with E-state index in [4.69, 9.17) is 5.26 Å². The molecule has 0 fully saturated rings. The van der Waals surface area contributed by atoms with E-state index < -0.39 is 4.92 Å². The molecule has 0 radical (unpaired) electrons. The average Bonchev–Trinajstić information content (AvgIpc) is 3.04. The van der Waals surface area contributed by atoms with E-state index in [1.165, 1.54) is 12.1 Å². The molecule has 0 atom stereocenters. The lowest BCUT2D eigenvalue weighted by atomic mass is 10.1. The van der Waals surface area contributed by atoms with Gasteiger partial charge in [-0.25, -0.2) is 4.68 Å². The van der Waals surface area contributed by atoms with Gasteiger partial charge in [0.25, 0.3) is 5.69 Å². The zero-order valence-corrected chi connectivity index (χ0v) is 12.0. The van der Waals surface area contributed by atoms with Crippen molar-refractivity contribution in [2.75, 3.05) is 0 Å². The van der Waals surface area contributed by atoms with Gasteiger partial charge < -0.3 is 0 Å². The fraction of sp³-hybridized carbons (Fsp3) is 0.0625. The monoisotopic (exact) mass is 305 g/mol. The largest absolute Gasteiger partial charge is 0.269 e. The second-order valence-corrected chi connectivity index (χ2v) is 4.89. The highest BCUT2D eigenvalue weighted by Gasteiger charge is 2.10. The molecular weight excluding hydrogens is 294 g/mol. The Morgan fingerprint density at radius 3 is 2.43 bits per heavy atom. The topological polar surface area (TPSA) is 97.6 Å². The van der Waals surface area contributed by atoms with Gasteiger partial charge in [0.2, 0.25) is 0 Å². The molecule has 0 N–H and O–H groups in total. The maximum Gasteiger partial charge on any atom is 0.269 e. The molecule has 0 aliphatic carbocycles. The number of nitriles is 1. The van der Waals surface area contributed by atoms with Gasteiger partial charge in [0.15, 0.2) is 0 Å². The number of nitro groups is 1. The first-order chi connectivity index (χ1) is 11.2. The summed E-state index contributed by atoms with van der Waals surface area (Å²) in [6.45, 7) is 0.498. The Balaban J connectivity index is 1.86. The number of rotatable bonds is 4. The number of hydrogen-bond acceptors (Lipinski definition) is 5. The lowest BCUT2D eigenvalue weighted by molar-refractivity contribution is -0.384. The van der Waals surface area contributed by atoms with Crippen molar-refractivity contribution in [1.82, 2.24) is 15.0 Å². The van der Waals surface area contributed by atoms with E-state index >= 15 is 0 Å². The van der Waals surface area contributed by atoms with Crippen molar-refractivity contribution in [2.45, 2.75) is 6.54 Å². The fourth-order valence-corrected chi connectivity index (χ4v) is 2.21. The van der Waals surface area contributed by atoms with Crippen LogP contribution in [0.2, 0.25) is 0 Å². The highest BCUT2D eigenvalue weighted by molar-refractivity contribution is 5.60. The summed E-state index contributed by atoms with van der Waals surface area (Å²) < 4.78 is 1.71. The van der Waals surface area contributed by atoms with Crippen LogP contribution in [0.1, 0.15) is 11.1 Å². The Kier molecular flexibility index (Phi) is 3.80. The maximum atomic E-state index is 10.7. The summed E-state index contributed by atoms with van der Waals surface area (Å²) in [6, 6.07) is 15.5. The summed E-state index contributed by atoms with van der Waals surface area (Å²) >= 11 is 0. The van der Waals surface area contributed by atoms with Gasteiger partial charge in [-0.3, -0.25) is 10.1 Å². The molecule has 7 nitrogen and oxygen atoms in total. The second-order valence-electron chi connectivity index (χ2n) is 4.89. The normalized spacial score (nSPS) is 10.2. The molecule has 1 heterocycles. The van der Waals surface area contributed by atoms with Gasteiger partial charge in [-0.15, -0.1) is 5.10 Å². The van der Waals surface area contributed by atoms with Gasteiger partial charge >= 0.3 is 0 Å². The summed E-state index contributed by atoms with van der Waals surface area (Å²) in [7, 11) is 0. The van der Waals surface area contributed by atoms with Crippen LogP contribution in [0.25, 0.3) is 11.3 Å². The second kappa shape index (κ2) is 6.07. The third-order valence-electron chi connectivity index (χ3n) is 3.41. The van der Waals surface area contributed by atoms with Crippen LogP contribution in [0.3, 0.4) is 0 Å². The molecule has 23 heavy (non-hydrogen) atoms. The van der Waals surface area contributed by atoms with E-state index in [0.717, 1.165) is 16.8 Å². The first kappa shape index (κ1) is 14.4. The first-order valence-electron chi connectivity index (χ1n) is 6.80. The number of non-ortho nitro benzene ring substituents is 1. The predicted octanol–water partition coefficient (Wildman–Crippen LogP) is 2.77. The molecule has 112 valence electrons. The van der Waals surface area contributed by atoms with Gasteiger partial charge in [-0.2, -0.15) is 5.26 Å². The Bertz CT molecular complexity index is 876. The van der Waals surface area contributed by atoms with Crippen LogP contribution in [0.15, 0.2) is 54.7 Å². The zero-order valence-electron chi connectivity index (χ0n) is 12.0. The van der Waals surface area contributed by atoms with Crippen molar-refractivity contribution in [2.24, 2.45) is 0 Å². The lowest BCUT2D eigenvalue weighted by Gasteiger charge is -2.06. The van der Waals surface area contributed by atoms with Crippen LogP contribution >= 0.6 is 0 Å². The molecule has 0 unspecified atom stereocenters. The molecule has 0 aliphatic rings. The molecule has 0 saturated carbocycles. The molecule has 0 aliphatic heterocycles. The molecule has 2 aromatic carbocycles. The standard InChI is InChI=1S/C16H11N5O2/c17-9-12-1-3-13(4-2-12)11-20-16(10-18-19-20)14-5-7-15(8-6-14)21(22)23/h1-8,10H,11H2. The van der Waals surface area contributed by atoms with Crippen LogP contribution in [-0.4, -0.2) is 19.9 Å². The van der Waals surface area contributed by atoms with E-state index in [1.807, 2.05) is 12.1 Å². The van der Waals surface area contributed by atoms with Gasteiger partial charge in [-0.05, 0) is 29.8 Å². The Morgan fingerprint density at radius 1 is 1.13 bits per heavy atom. The molecular formula is C16H11N5O2. The van der Waals surface area contributed by atoms with Crippen molar-refractivity contribution >= 4 is 5.69 Å². The van der Waals surface area contributed by atoms with Crippen molar-refractivity contribution in [3.63, 3.8) is 0 Å². The van der Waals surface area contributed by atoms with E-state index in [2.05, 4.69) is 16.4 Å². The van der Waals surface area contributed by atoms with E-state index in [1.54, 1.807) is 35.1 Å². The molecule has 0 amide bonds. The lowest BCUT2D eigenvalue weighted by Crippen LogP contribution is -2.04. The van der Waals surface area contributed by atoms with Gasteiger partial charge in [0.05, 0.1) is 35.0 Å². The van der Waals surface area contributed by atoms with E-state index in [-0.39, 0.29) is 5.69 Å². The van der Waals surface area contributed by atoms with Gasteiger partial charge in [-0.1, -0.05) is 17.3 Å². The Hall–Kier alpha value is -3.53. The third kappa shape index (κ3) is 3.06. The summed E-state index contributed by atoms with van der Waals surface area (Å²) in [5.41, 5.74) is 3.19. The number of hydrogen-bond donors (Lipinski definition) is 0. The van der Waals surface area contributed by atoms with Crippen LogP contribution in [0.4, 0.5) is 5.69 Å². The summed E-state index contributed by atoms with van der Waals surface area (Å²) in [5, 5.41) is 27.5. The van der Waals surface area contributed by atoms with Gasteiger partial charge in [0, 0.05) is 17.7 Å². The molecule has 0 spiro atoms. The minimum atomic E-state index is -0.434. The van der Waals surface area contributed by atoms with Crippen molar-refractivity contribution in [3.05, 3.63) is 76.0 Å². The average molecular weight is 305 g/mol. The summed E-state index contributed by atoms with van der Waals surface area (Å²) in [5.74, 6) is 0. The quantitative estimate of drug-likeness (QED) is 0.545. The molecule has 0 saturated heterocycles. The number of nitro benzene ring substituents is 1. The number of benzene rings is 2.